The predicted octanol–water partition coefficient (Wildman–Crippen LogP) is 7.78. The van der Waals surface area contributed by atoms with Crippen molar-refractivity contribution in [2.45, 2.75) is 33.1 Å². The fourth-order valence-corrected chi connectivity index (χ4v) is 5.52. The van der Waals surface area contributed by atoms with Crippen molar-refractivity contribution >= 4 is 34.7 Å². The van der Waals surface area contributed by atoms with Gasteiger partial charge in [-0.15, -0.1) is 18.3 Å². The summed E-state index contributed by atoms with van der Waals surface area (Å²) in [6.07, 6.45) is -1.50. The summed E-state index contributed by atoms with van der Waals surface area (Å²) in [6.45, 7) is 6.42. The summed E-state index contributed by atoms with van der Waals surface area (Å²) in [5.41, 5.74) is 4.36. The molecule has 5 rings (SSSR count). The standard InChI is InChI=1S/C31H28F4N6O2S/c1-19(2)26-17-23(32)8-13-27(26)40-14-15-44-30(40)38-29(42)37-20(3)16-21-4-6-22(7-5-21)28-36-18-41(39-28)24-9-11-25(12-10-24)43-31(33,34)35/h4-13,16-19H,14-15H2,1-3H3,(H,37,42)/b20-16+,38-30?. The van der Waals surface area contributed by atoms with Crippen LogP contribution < -0.4 is 15.0 Å². The highest BCUT2D eigenvalue weighted by Crippen LogP contribution is 2.33. The topological polar surface area (TPSA) is 84.6 Å². The van der Waals surface area contributed by atoms with E-state index in [0.717, 1.165) is 28.1 Å². The molecule has 0 spiro atoms. The normalized spacial score (nSPS) is 14.9. The number of hydrogen-bond acceptors (Lipinski definition) is 5. The molecular formula is C31H28F4N6O2S. The number of hydrogen-bond donors (Lipinski definition) is 1. The van der Waals surface area contributed by atoms with Crippen molar-refractivity contribution in [1.82, 2.24) is 20.1 Å². The summed E-state index contributed by atoms with van der Waals surface area (Å²) in [4.78, 5) is 23.3. The van der Waals surface area contributed by atoms with Gasteiger partial charge in [-0.05, 0) is 72.5 Å². The lowest BCUT2D eigenvalue weighted by molar-refractivity contribution is -0.274. The number of nitrogens with zero attached hydrogens (tertiary/aromatic N) is 5. The van der Waals surface area contributed by atoms with E-state index < -0.39 is 12.4 Å². The molecule has 4 aromatic rings. The molecular weight excluding hydrogens is 596 g/mol. The van der Waals surface area contributed by atoms with Crippen LogP contribution >= 0.6 is 11.8 Å². The second-order valence-electron chi connectivity index (χ2n) is 10.2. The van der Waals surface area contributed by atoms with Gasteiger partial charge in [0.2, 0.25) is 0 Å². The molecule has 0 saturated carbocycles. The zero-order valence-corrected chi connectivity index (χ0v) is 24.8. The maximum Gasteiger partial charge on any atom is 0.573 e. The number of anilines is 1. The first-order valence-corrected chi connectivity index (χ1v) is 14.6. The molecule has 1 aliphatic rings. The highest BCUT2D eigenvalue weighted by Gasteiger charge is 2.31. The Morgan fingerprint density at radius 3 is 2.50 bits per heavy atom. The Labute approximate surface area is 255 Å². The smallest absolute Gasteiger partial charge is 0.406 e. The molecule has 1 fully saturated rings. The van der Waals surface area contributed by atoms with Gasteiger partial charge in [-0.1, -0.05) is 49.9 Å². The van der Waals surface area contributed by atoms with Gasteiger partial charge in [-0.25, -0.2) is 18.9 Å². The first-order valence-electron chi connectivity index (χ1n) is 13.6. The Morgan fingerprint density at radius 1 is 1.09 bits per heavy atom. The second-order valence-corrected chi connectivity index (χ2v) is 11.2. The van der Waals surface area contributed by atoms with E-state index in [0.29, 0.717) is 28.9 Å². The number of benzene rings is 3. The monoisotopic (exact) mass is 624 g/mol. The predicted molar refractivity (Wildman–Crippen MR) is 163 cm³/mol. The van der Waals surface area contributed by atoms with Crippen LogP contribution in [0.5, 0.6) is 5.75 Å². The lowest BCUT2D eigenvalue weighted by Gasteiger charge is -2.23. The van der Waals surface area contributed by atoms with Gasteiger partial charge >= 0.3 is 12.4 Å². The molecule has 1 aromatic heterocycles. The number of aliphatic imine (C=N–C) groups is 1. The average Bonchev–Trinajstić information content (AvgIpc) is 3.63. The number of allylic oxidation sites excluding steroid dienone is 1. The minimum Gasteiger partial charge on any atom is -0.406 e. The summed E-state index contributed by atoms with van der Waals surface area (Å²) in [5.74, 6) is 0.670. The van der Waals surface area contributed by atoms with Gasteiger partial charge in [0, 0.05) is 29.2 Å². The van der Waals surface area contributed by atoms with E-state index >= 15 is 0 Å². The third kappa shape index (κ3) is 7.64. The van der Waals surface area contributed by atoms with E-state index in [4.69, 9.17) is 0 Å². The number of carbonyl (C=O) groups excluding carboxylic acids is 1. The molecule has 2 heterocycles. The van der Waals surface area contributed by atoms with Crippen LogP contribution in [0.2, 0.25) is 0 Å². The van der Waals surface area contributed by atoms with Crippen molar-refractivity contribution in [2.75, 3.05) is 17.2 Å². The summed E-state index contributed by atoms with van der Waals surface area (Å²) in [6, 6.07) is 16.8. The Morgan fingerprint density at radius 2 is 1.82 bits per heavy atom. The minimum atomic E-state index is -4.76. The lowest BCUT2D eigenvalue weighted by atomic mass is 10.0. The quantitative estimate of drug-likeness (QED) is 0.212. The molecule has 13 heteroatoms. The number of thioether (sulfide) groups is 1. The fourth-order valence-electron chi connectivity index (χ4n) is 4.57. The third-order valence-electron chi connectivity index (χ3n) is 6.56. The van der Waals surface area contributed by atoms with Crippen molar-refractivity contribution in [3.63, 3.8) is 0 Å². The molecule has 0 radical (unpaired) electrons. The van der Waals surface area contributed by atoms with Crippen LogP contribution in [-0.4, -0.2) is 44.6 Å². The minimum absolute atomic E-state index is 0.104. The number of halogens is 4. The van der Waals surface area contributed by atoms with Gasteiger partial charge in [0.15, 0.2) is 11.0 Å². The lowest BCUT2D eigenvalue weighted by Crippen LogP contribution is -2.28. The summed E-state index contributed by atoms with van der Waals surface area (Å²) in [5, 5.41) is 7.77. The maximum absolute atomic E-state index is 13.9. The molecule has 0 aliphatic carbocycles. The maximum atomic E-state index is 13.9. The molecule has 1 N–H and O–H groups in total. The molecule has 44 heavy (non-hydrogen) atoms. The van der Waals surface area contributed by atoms with Gasteiger partial charge in [-0.2, -0.15) is 4.99 Å². The number of aromatic nitrogens is 3. The Hall–Kier alpha value is -4.65. The first-order chi connectivity index (χ1) is 20.9. The van der Waals surface area contributed by atoms with E-state index in [-0.39, 0.29) is 17.5 Å². The Bertz CT molecular complexity index is 1700. The molecule has 228 valence electrons. The van der Waals surface area contributed by atoms with Crippen molar-refractivity contribution in [3.8, 4) is 22.8 Å². The Kier molecular flexibility index (Phi) is 9.04. The van der Waals surface area contributed by atoms with E-state index in [1.807, 2.05) is 43.0 Å². The number of amides is 2. The van der Waals surface area contributed by atoms with Crippen molar-refractivity contribution in [2.24, 2.45) is 4.99 Å². The Balaban J connectivity index is 1.23. The summed E-state index contributed by atoms with van der Waals surface area (Å²) >= 11 is 1.47. The largest absolute Gasteiger partial charge is 0.573 e. The number of rotatable bonds is 7. The van der Waals surface area contributed by atoms with E-state index in [1.165, 1.54) is 59.2 Å². The van der Waals surface area contributed by atoms with Crippen LogP contribution in [-0.2, 0) is 0 Å². The zero-order chi connectivity index (χ0) is 31.4. The van der Waals surface area contributed by atoms with Crippen LogP contribution in [0.1, 0.15) is 37.8 Å². The number of amidine groups is 1. The highest BCUT2D eigenvalue weighted by atomic mass is 32.2. The van der Waals surface area contributed by atoms with Crippen LogP contribution in [0.4, 0.5) is 28.0 Å². The molecule has 1 saturated heterocycles. The second kappa shape index (κ2) is 12.9. The molecule has 0 atom stereocenters. The molecule has 0 unspecified atom stereocenters. The van der Waals surface area contributed by atoms with Crippen molar-refractivity contribution in [1.29, 1.82) is 0 Å². The summed E-state index contributed by atoms with van der Waals surface area (Å²) < 4.78 is 56.4. The number of alkyl halides is 3. The summed E-state index contributed by atoms with van der Waals surface area (Å²) in [7, 11) is 0. The number of carbonyl (C=O) groups is 1. The van der Waals surface area contributed by atoms with Gasteiger partial charge in [0.25, 0.3) is 0 Å². The van der Waals surface area contributed by atoms with Crippen molar-refractivity contribution < 1.29 is 27.1 Å². The van der Waals surface area contributed by atoms with E-state index in [1.54, 1.807) is 19.1 Å². The molecule has 2 amide bonds. The van der Waals surface area contributed by atoms with E-state index in [2.05, 4.69) is 25.1 Å². The third-order valence-corrected chi connectivity index (χ3v) is 7.52. The van der Waals surface area contributed by atoms with Gasteiger partial charge in [0.1, 0.15) is 17.9 Å². The number of nitrogens with one attached hydrogen (secondary N) is 1. The van der Waals surface area contributed by atoms with E-state index in [9.17, 15) is 22.4 Å². The van der Waals surface area contributed by atoms with Gasteiger partial charge in [-0.3, -0.25) is 0 Å². The number of ether oxygens (including phenoxy) is 1. The van der Waals surface area contributed by atoms with Crippen LogP contribution in [0.3, 0.4) is 0 Å². The first kappa shape index (κ1) is 30.8. The van der Waals surface area contributed by atoms with Gasteiger partial charge in [0.05, 0.1) is 5.69 Å². The molecule has 3 aromatic carbocycles. The average molecular weight is 625 g/mol. The SMILES string of the molecule is C/C(=C\c1ccc(-c2ncn(-c3ccc(OC(F)(F)F)cc3)n2)cc1)NC(=O)N=C1SCCN1c1ccc(F)cc1C(C)C. The zero-order valence-electron chi connectivity index (χ0n) is 24.0. The molecule has 8 nitrogen and oxygen atoms in total. The number of urea groups is 1. The molecule has 1 aliphatic heterocycles. The van der Waals surface area contributed by atoms with Crippen LogP contribution in [0.25, 0.3) is 23.2 Å². The van der Waals surface area contributed by atoms with Gasteiger partial charge < -0.3 is 15.0 Å². The molecule has 0 bridgehead atoms. The van der Waals surface area contributed by atoms with Crippen molar-refractivity contribution in [3.05, 3.63) is 95.7 Å². The van der Waals surface area contributed by atoms with Crippen LogP contribution in [0.15, 0.2) is 83.7 Å². The highest BCUT2D eigenvalue weighted by molar-refractivity contribution is 8.14. The fraction of sp³-hybridized carbons (Fsp3) is 0.226. The van der Waals surface area contributed by atoms with Crippen LogP contribution in [0, 0.1) is 5.82 Å².